The van der Waals surface area contributed by atoms with E-state index in [4.69, 9.17) is 0 Å². The molecule has 21 heavy (non-hydrogen) atoms. The van der Waals surface area contributed by atoms with Gasteiger partial charge in [-0.25, -0.2) is 0 Å². The van der Waals surface area contributed by atoms with Crippen LogP contribution in [0.1, 0.15) is 31.7 Å². The van der Waals surface area contributed by atoms with Crippen molar-refractivity contribution in [3.63, 3.8) is 0 Å². The molecule has 6 nitrogen and oxygen atoms in total. The molecular formula is C15H21N3O3. The average molecular weight is 291 g/mol. The molecule has 1 amide bonds. The van der Waals surface area contributed by atoms with Gasteiger partial charge >= 0.3 is 5.97 Å². The highest BCUT2D eigenvalue weighted by molar-refractivity contribution is 5.86. The molecule has 0 unspecified atom stereocenters. The predicted molar refractivity (Wildman–Crippen MR) is 75.2 cm³/mol. The van der Waals surface area contributed by atoms with Crippen molar-refractivity contribution in [2.24, 2.45) is 23.7 Å². The Morgan fingerprint density at radius 1 is 1.38 bits per heavy atom. The van der Waals surface area contributed by atoms with Crippen LogP contribution >= 0.6 is 0 Å². The van der Waals surface area contributed by atoms with E-state index in [0.717, 1.165) is 31.4 Å². The van der Waals surface area contributed by atoms with Gasteiger partial charge in [0, 0.05) is 24.8 Å². The molecule has 2 aliphatic rings. The standard InChI is InChI=1S/C15H21N3O3/c1-2-18-8-9(7-17-18)6-16-14(19)12-10-3-4-11(5-10)13(12)15(20)21/h7-8,10-13H,2-6H2,1H3,(H,16,19)(H,20,21)/t10-,11-,12+,13-/m0/s1. The van der Waals surface area contributed by atoms with Crippen molar-refractivity contribution in [2.45, 2.75) is 39.3 Å². The second-order valence-electron chi connectivity index (χ2n) is 6.15. The number of carbonyl (C=O) groups is 2. The number of aryl methyl sites for hydroxylation is 1. The van der Waals surface area contributed by atoms with Crippen LogP contribution in [-0.4, -0.2) is 26.8 Å². The summed E-state index contributed by atoms with van der Waals surface area (Å²) < 4.78 is 1.80. The van der Waals surface area contributed by atoms with Crippen molar-refractivity contribution in [2.75, 3.05) is 0 Å². The number of hydrogen-bond donors (Lipinski definition) is 2. The summed E-state index contributed by atoms with van der Waals surface area (Å²) in [5.41, 5.74) is 0.945. The number of carboxylic acid groups (broad SMARTS) is 1. The minimum absolute atomic E-state index is 0.112. The number of fused-ring (bicyclic) bond motifs is 2. The minimum atomic E-state index is -0.818. The molecule has 4 atom stereocenters. The fourth-order valence-electron chi connectivity index (χ4n) is 4.00. The molecule has 0 aromatic carbocycles. The summed E-state index contributed by atoms with van der Waals surface area (Å²) in [6, 6.07) is 0. The number of nitrogens with one attached hydrogen (secondary N) is 1. The molecule has 2 bridgehead atoms. The van der Waals surface area contributed by atoms with Crippen molar-refractivity contribution in [1.29, 1.82) is 0 Å². The number of aliphatic carboxylic acids is 1. The van der Waals surface area contributed by atoms with Gasteiger partial charge in [-0.05, 0) is 38.0 Å². The monoisotopic (exact) mass is 291 g/mol. The molecule has 6 heteroatoms. The normalized spacial score (nSPS) is 30.5. The topological polar surface area (TPSA) is 84.2 Å². The first-order valence-corrected chi connectivity index (χ1v) is 7.62. The van der Waals surface area contributed by atoms with E-state index in [-0.39, 0.29) is 23.7 Å². The van der Waals surface area contributed by atoms with Gasteiger partial charge in [-0.1, -0.05) is 0 Å². The highest BCUT2D eigenvalue weighted by atomic mass is 16.4. The Balaban J connectivity index is 1.63. The third-order valence-corrected chi connectivity index (χ3v) is 4.98. The highest BCUT2D eigenvalue weighted by Gasteiger charge is 2.53. The summed E-state index contributed by atoms with van der Waals surface area (Å²) in [6.45, 7) is 3.21. The van der Waals surface area contributed by atoms with E-state index in [0.29, 0.717) is 6.54 Å². The Bertz CT molecular complexity index is 554. The van der Waals surface area contributed by atoms with Crippen molar-refractivity contribution >= 4 is 11.9 Å². The van der Waals surface area contributed by atoms with Crippen LogP contribution in [0.15, 0.2) is 12.4 Å². The molecular weight excluding hydrogens is 270 g/mol. The van der Waals surface area contributed by atoms with E-state index in [1.165, 1.54) is 0 Å². The van der Waals surface area contributed by atoms with Crippen molar-refractivity contribution in [3.05, 3.63) is 18.0 Å². The maximum atomic E-state index is 12.4. The molecule has 0 saturated heterocycles. The molecule has 1 heterocycles. The number of carboxylic acids is 1. The van der Waals surface area contributed by atoms with Gasteiger partial charge in [-0.15, -0.1) is 0 Å². The Kier molecular flexibility index (Phi) is 3.69. The Hall–Kier alpha value is -1.85. The number of amides is 1. The molecule has 3 rings (SSSR count). The van der Waals surface area contributed by atoms with Gasteiger partial charge in [0.15, 0.2) is 0 Å². The lowest BCUT2D eigenvalue weighted by Gasteiger charge is -2.26. The van der Waals surface area contributed by atoms with Gasteiger partial charge in [-0.2, -0.15) is 5.10 Å². The van der Waals surface area contributed by atoms with Gasteiger partial charge in [0.2, 0.25) is 5.91 Å². The molecule has 0 radical (unpaired) electrons. The van der Waals surface area contributed by atoms with Crippen LogP contribution in [0.4, 0.5) is 0 Å². The Morgan fingerprint density at radius 3 is 2.71 bits per heavy atom. The van der Waals surface area contributed by atoms with Crippen molar-refractivity contribution in [1.82, 2.24) is 15.1 Å². The maximum Gasteiger partial charge on any atom is 0.307 e. The number of nitrogens with zero attached hydrogens (tertiary/aromatic N) is 2. The molecule has 1 aromatic rings. The first kappa shape index (κ1) is 14.1. The van der Waals surface area contributed by atoms with E-state index < -0.39 is 11.9 Å². The third-order valence-electron chi connectivity index (χ3n) is 4.98. The second kappa shape index (κ2) is 5.50. The van der Waals surface area contributed by atoms with Crippen LogP contribution in [-0.2, 0) is 22.7 Å². The number of carbonyl (C=O) groups excluding carboxylic acids is 1. The molecule has 0 aliphatic heterocycles. The number of rotatable bonds is 5. The molecule has 2 fully saturated rings. The molecule has 2 N–H and O–H groups in total. The van der Waals surface area contributed by atoms with Gasteiger partial charge < -0.3 is 10.4 Å². The largest absolute Gasteiger partial charge is 0.481 e. The quantitative estimate of drug-likeness (QED) is 0.855. The number of aromatic nitrogens is 2. The van der Waals surface area contributed by atoms with E-state index >= 15 is 0 Å². The van der Waals surface area contributed by atoms with Crippen LogP contribution in [0.2, 0.25) is 0 Å². The third kappa shape index (κ3) is 2.54. The molecule has 2 aliphatic carbocycles. The van der Waals surface area contributed by atoms with E-state index in [2.05, 4.69) is 10.4 Å². The summed E-state index contributed by atoms with van der Waals surface area (Å²) in [7, 11) is 0. The lowest BCUT2D eigenvalue weighted by molar-refractivity contribution is -0.149. The van der Waals surface area contributed by atoms with Gasteiger partial charge in [0.1, 0.15) is 0 Å². The summed E-state index contributed by atoms with van der Waals surface area (Å²) in [5, 5.41) is 16.4. The lowest BCUT2D eigenvalue weighted by Crippen LogP contribution is -2.41. The fourth-order valence-corrected chi connectivity index (χ4v) is 4.00. The second-order valence-corrected chi connectivity index (χ2v) is 6.15. The Morgan fingerprint density at radius 2 is 2.10 bits per heavy atom. The average Bonchev–Trinajstić information content (AvgIpc) is 3.18. The maximum absolute atomic E-state index is 12.4. The first-order chi connectivity index (χ1) is 10.1. The molecule has 0 spiro atoms. The summed E-state index contributed by atoms with van der Waals surface area (Å²) in [6.07, 6.45) is 6.47. The van der Waals surface area contributed by atoms with E-state index in [9.17, 15) is 14.7 Å². The zero-order valence-electron chi connectivity index (χ0n) is 12.2. The van der Waals surface area contributed by atoms with E-state index in [1.54, 1.807) is 10.9 Å². The van der Waals surface area contributed by atoms with E-state index in [1.807, 2.05) is 13.1 Å². The van der Waals surface area contributed by atoms with Crippen molar-refractivity contribution in [3.8, 4) is 0 Å². The van der Waals surface area contributed by atoms with Crippen molar-refractivity contribution < 1.29 is 14.7 Å². The predicted octanol–water partition coefficient (Wildman–Crippen LogP) is 1.27. The number of hydrogen-bond acceptors (Lipinski definition) is 3. The Labute approximate surface area is 123 Å². The summed E-state index contributed by atoms with van der Waals surface area (Å²) in [5.74, 6) is -1.36. The summed E-state index contributed by atoms with van der Waals surface area (Å²) in [4.78, 5) is 23.8. The molecule has 1 aromatic heterocycles. The van der Waals surface area contributed by atoms with Crippen LogP contribution < -0.4 is 5.32 Å². The lowest BCUT2D eigenvalue weighted by atomic mass is 9.78. The first-order valence-electron chi connectivity index (χ1n) is 7.62. The zero-order valence-corrected chi connectivity index (χ0v) is 12.2. The minimum Gasteiger partial charge on any atom is -0.481 e. The van der Waals surface area contributed by atoms with Crippen LogP contribution in [0, 0.1) is 23.7 Å². The van der Waals surface area contributed by atoms with Crippen LogP contribution in [0.3, 0.4) is 0 Å². The van der Waals surface area contributed by atoms with Crippen LogP contribution in [0.5, 0.6) is 0 Å². The highest BCUT2D eigenvalue weighted by Crippen LogP contribution is 2.52. The summed E-state index contributed by atoms with van der Waals surface area (Å²) >= 11 is 0. The van der Waals surface area contributed by atoms with Crippen LogP contribution in [0.25, 0.3) is 0 Å². The molecule has 2 saturated carbocycles. The smallest absolute Gasteiger partial charge is 0.307 e. The van der Waals surface area contributed by atoms with Gasteiger partial charge in [0.25, 0.3) is 0 Å². The van der Waals surface area contributed by atoms with Gasteiger partial charge in [0.05, 0.1) is 18.0 Å². The van der Waals surface area contributed by atoms with Gasteiger partial charge in [-0.3, -0.25) is 14.3 Å². The zero-order chi connectivity index (χ0) is 15.0. The fraction of sp³-hybridized carbons (Fsp3) is 0.667. The SMILES string of the molecule is CCn1cc(CNC(=O)[C@@H]2[C@H]3CC[C@@H](C3)[C@@H]2C(=O)O)cn1. The molecule has 114 valence electrons.